The van der Waals surface area contributed by atoms with Gasteiger partial charge >= 0.3 is 0 Å². The molecule has 6 N–H and O–H groups in total. The fourth-order valence-electron chi connectivity index (χ4n) is 7.61. The van der Waals surface area contributed by atoms with E-state index in [0.717, 1.165) is 55.6 Å². The van der Waals surface area contributed by atoms with E-state index in [9.17, 15) is 10.2 Å². The number of phenolic OH excluding ortho intramolecular Hbond substituents is 2. The highest BCUT2D eigenvalue weighted by atomic mass is 16.5. The summed E-state index contributed by atoms with van der Waals surface area (Å²) >= 11 is 0. The van der Waals surface area contributed by atoms with Gasteiger partial charge in [-0.2, -0.15) is 0 Å². The van der Waals surface area contributed by atoms with Crippen molar-refractivity contribution < 1.29 is 19.7 Å². The number of hydrogen-bond acceptors (Lipinski definition) is 6. The van der Waals surface area contributed by atoms with Gasteiger partial charge in [-0.15, -0.1) is 0 Å². The van der Waals surface area contributed by atoms with Gasteiger partial charge in [-0.3, -0.25) is 0 Å². The highest BCUT2D eigenvalue weighted by Gasteiger charge is 2.46. The predicted octanol–water partition coefficient (Wildman–Crippen LogP) is 11.0. The maximum absolute atomic E-state index is 9.98. The molecule has 0 unspecified atom stereocenters. The first-order chi connectivity index (χ1) is 28.8. The average Bonchev–Trinajstić information content (AvgIpc) is 3.55. The second-order valence-electron chi connectivity index (χ2n) is 14.2. The van der Waals surface area contributed by atoms with Crippen LogP contribution in [0, 0.1) is 23.7 Å². The first kappa shape index (κ1) is 36.3. The first-order valence-corrected chi connectivity index (χ1v) is 19.0. The lowest BCUT2D eigenvalue weighted by Gasteiger charge is -2.34. The zero-order valence-corrected chi connectivity index (χ0v) is 31.7. The number of hydrogen-bond donors (Lipinski definition) is 4. The van der Waals surface area contributed by atoms with Crippen LogP contribution in [0.25, 0.3) is 11.1 Å². The van der Waals surface area contributed by atoms with Crippen LogP contribution in [0.2, 0.25) is 0 Å². The molecule has 59 heavy (non-hydrogen) atoms. The van der Waals surface area contributed by atoms with Gasteiger partial charge in [-0.25, -0.2) is 0 Å². The van der Waals surface area contributed by atoms with Crippen LogP contribution in [-0.4, -0.2) is 10.2 Å². The van der Waals surface area contributed by atoms with Crippen molar-refractivity contribution in [3.05, 3.63) is 226 Å². The summed E-state index contributed by atoms with van der Waals surface area (Å²) in [6.45, 7) is 0. The molecule has 0 amide bonds. The van der Waals surface area contributed by atoms with E-state index in [2.05, 4.69) is 84.3 Å². The highest BCUT2D eigenvalue weighted by Crippen LogP contribution is 2.57. The van der Waals surface area contributed by atoms with Crippen LogP contribution >= 0.6 is 0 Å². The molecule has 9 rings (SSSR count). The maximum Gasteiger partial charge on any atom is 0.138 e. The van der Waals surface area contributed by atoms with Crippen molar-refractivity contribution in [2.45, 2.75) is 5.41 Å². The maximum atomic E-state index is 9.98. The van der Waals surface area contributed by atoms with Crippen LogP contribution < -0.4 is 20.9 Å². The Kier molecular flexibility index (Phi) is 9.43. The number of nitrogens with two attached hydrogens (primary N) is 2. The van der Waals surface area contributed by atoms with E-state index in [1.165, 1.54) is 12.1 Å². The summed E-state index contributed by atoms with van der Waals surface area (Å²) in [5.41, 5.74) is 21.5. The van der Waals surface area contributed by atoms with Gasteiger partial charge in [0.05, 0.1) is 16.8 Å². The minimum atomic E-state index is -0.831. The van der Waals surface area contributed by atoms with Gasteiger partial charge in [0.25, 0.3) is 0 Å². The van der Waals surface area contributed by atoms with Crippen LogP contribution in [0.3, 0.4) is 0 Å². The first-order valence-electron chi connectivity index (χ1n) is 19.0. The van der Waals surface area contributed by atoms with Gasteiger partial charge in [0.15, 0.2) is 0 Å². The summed E-state index contributed by atoms with van der Waals surface area (Å²) in [4.78, 5) is 0. The summed E-state index contributed by atoms with van der Waals surface area (Å²) in [6.07, 6.45) is 0. The van der Waals surface area contributed by atoms with E-state index in [1.54, 1.807) is 24.3 Å². The minimum absolute atomic E-state index is 0.00234. The van der Waals surface area contributed by atoms with Crippen molar-refractivity contribution in [1.82, 2.24) is 0 Å². The van der Waals surface area contributed by atoms with Crippen LogP contribution in [0.15, 0.2) is 182 Å². The Morgan fingerprint density at radius 3 is 1.14 bits per heavy atom. The molecular weight excluding hydrogens is 729 g/mol. The number of aromatic hydroxyl groups is 2. The Balaban J connectivity index is 1.23. The molecule has 6 nitrogen and oxygen atoms in total. The normalized spacial score (nSPS) is 11.9. The molecule has 0 spiro atoms. The van der Waals surface area contributed by atoms with Crippen molar-refractivity contribution in [2.24, 2.45) is 0 Å². The van der Waals surface area contributed by atoms with Gasteiger partial charge < -0.3 is 31.2 Å². The minimum Gasteiger partial charge on any atom is -0.506 e. The summed E-state index contributed by atoms with van der Waals surface area (Å²) < 4.78 is 12.4. The zero-order chi connectivity index (χ0) is 40.3. The number of fused-ring (bicyclic) bond motifs is 3. The third kappa shape index (κ3) is 7.15. The SMILES string of the molecule is Nc1cc(Oc2ccc(C3(c4ccc(Oc5ccc(O)c(N)c5)cc4)c4cc(C#Cc5ccccc5)ccc4-c4ccc(C#Cc5ccccc5)cc43)cc2)ccc1O. The molecule has 0 atom stereocenters. The molecule has 0 aliphatic heterocycles. The molecular formula is C53H36N2O4. The second kappa shape index (κ2) is 15.3. The topological polar surface area (TPSA) is 111 Å². The number of phenols is 2. The molecule has 0 heterocycles. The molecule has 1 aliphatic carbocycles. The number of nitrogen functional groups attached to an aromatic ring is 2. The quantitative estimate of drug-likeness (QED) is 0.0762. The lowest BCUT2D eigenvalue weighted by molar-refractivity contribution is 0.466. The molecule has 0 bridgehead atoms. The molecule has 6 heteroatoms. The molecule has 8 aromatic carbocycles. The second-order valence-corrected chi connectivity index (χ2v) is 14.2. The van der Waals surface area contributed by atoms with Crippen LogP contribution in [0.1, 0.15) is 44.5 Å². The third-order valence-electron chi connectivity index (χ3n) is 10.4. The Morgan fingerprint density at radius 2 is 0.746 bits per heavy atom. The van der Waals surface area contributed by atoms with Crippen LogP contribution in [0.4, 0.5) is 11.4 Å². The monoisotopic (exact) mass is 764 g/mol. The van der Waals surface area contributed by atoms with Crippen molar-refractivity contribution in [3.63, 3.8) is 0 Å². The van der Waals surface area contributed by atoms with Gasteiger partial charge in [-0.05, 0) is 130 Å². The average molecular weight is 765 g/mol. The molecule has 0 aromatic heterocycles. The fraction of sp³-hybridized carbons (Fsp3) is 0.0189. The van der Waals surface area contributed by atoms with Crippen molar-refractivity contribution in [3.8, 4) is 69.3 Å². The summed E-state index contributed by atoms with van der Waals surface area (Å²) in [5.74, 6) is 15.8. The predicted molar refractivity (Wildman–Crippen MR) is 234 cm³/mol. The number of ether oxygens (including phenoxy) is 2. The largest absolute Gasteiger partial charge is 0.506 e. The van der Waals surface area contributed by atoms with E-state index < -0.39 is 5.41 Å². The summed E-state index contributed by atoms with van der Waals surface area (Å²) in [5, 5.41) is 20.0. The molecule has 1 aliphatic rings. The van der Waals surface area contributed by atoms with Crippen LogP contribution in [-0.2, 0) is 5.41 Å². The number of rotatable bonds is 6. The third-order valence-corrected chi connectivity index (χ3v) is 10.4. The summed E-state index contributed by atoms with van der Waals surface area (Å²) in [7, 11) is 0. The zero-order valence-electron chi connectivity index (χ0n) is 31.7. The molecule has 0 radical (unpaired) electrons. The van der Waals surface area contributed by atoms with E-state index >= 15 is 0 Å². The highest BCUT2D eigenvalue weighted by molar-refractivity contribution is 5.87. The van der Waals surface area contributed by atoms with E-state index in [0.29, 0.717) is 23.0 Å². The van der Waals surface area contributed by atoms with Crippen molar-refractivity contribution >= 4 is 11.4 Å². The number of anilines is 2. The fourth-order valence-corrected chi connectivity index (χ4v) is 7.61. The lowest BCUT2D eigenvalue weighted by Crippen LogP contribution is -2.28. The lowest BCUT2D eigenvalue weighted by atomic mass is 9.67. The van der Waals surface area contributed by atoms with Gasteiger partial charge in [0.2, 0.25) is 0 Å². The Hall–Kier alpha value is -8.32. The van der Waals surface area contributed by atoms with Gasteiger partial charge in [-0.1, -0.05) is 96.5 Å². The molecule has 282 valence electrons. The van der Waals surface area contributed by atoms with E-state index in [-0.39, 0.29) is 22.9 Å². The van der Waals surface area contributed by atoms with Gasteiger partial charge in [0.1, 0.15) is 34.5 Å². The standard InChI is InChI=1S/C53H36N2O4/c54-49-33-43(25-29-51(49)56)58-41-21-17-39(18-22-41)53(40-19-23-42(24-20-40)59-44-26-30-52(57)50(55)34-44)47-31-37(13-11-35-7-3-1-4-8-35)15-27-45(47)46-28-16-38(32-48(46)53)14-12-36-9-5-2-6-10-36/h1-10,15-34,56-57H,54-55H2. The van der Waals surface area contributed by atoms with E-state index in [4.69, 9.17) is 20.9 Å². The molecule has 0 saturated heterocycles. The Labute approximate surface area is 342 Å². The Bertz CT molecular complexity index is 2770. The summed E-state index contributed by atoms with van der Waals surface area (Å²) in [6, 6.07) is 58.6. The van der Waals surface area contributed by atoms with Crippen molar-refractivity contribution in [1.29, 1.82) is 0 Å². The van der Waals surface area contributed by atoms with E-state index in [1.807, 2.05) is 84.9 Å². The molecule has 0 fully saturated rings. The number of benzene rings is 8. The molecule has 0 saturated carbocycles. The van der Waals surface area contributed by atoms with Gasteiger partial charge in [0, 0.05) is 34.4 Å². The molecule has 8 aromatic rings. The van der Waals surface area contributed by atoms with Crippen molar-refractivity contribution in [2.75, 3.05) is 11.5 Å². The Morgan fingerprint density at radius 1 is 0.373 bits per heavy atom. The smallest absolute Gasteiger partial charge is 0.138 e. The van der Waals surface area contributed by atoms with Crippen LogP contribution in [0.5, 0.6) is 34.5 Å².